The zero-order valence-electron chi connectivity index (χ0n) is 12.8. The number of benzene rings is 1. The molecular formula is C14H25N3O2S. The Bertz CT molecular complexity index is 496. The molecule has 0 saturated heterocycles. The first-order valence-electron chi connectivity index (χ1n) is 6.75. The summed E-state index contributed by atoms with van der Waals surface area (Å²) >= 11 is 0. The van der Waals surface area contributed by atoms with Crippen LogP contribution in [0.1, 0.15) is 12.8 Å². The molecule has 0 aliphatic carbocycles. The summed E-state index contributed by atoms with van der Waals surface area (Å²) in [6.07, 6.45) is 2.24. The highest BCUT2D eigenvalue weighted by molar-refractivity contribution is 7.89. The minimum atomic E-state index is -3.33. The van der Waals surface area contributed by atoms with Gasteiger partial charge >= 0.3 is 0 Å². The molecule has 0 unspecified atom stereocenters. The van der Waals surface area contributed by atoms with Gasteiger partial charge in [0, 0.05) is 26.3 Å². The molecule has 0 bridgehead atoms. The average Bonchev–Trinajstić information content (AvgIpc) is 2.38. The molecule has 0 aliphatic rings. The maximum absolute atomic E-state index is 11.9. The number of anilines is 1. The van der Waals surface area contributed by atoms with Gasteiger partial charge in [0.05, 0.1) is 4.90 Å². The van der Waals surface area contributed by atoms with E-state index < -0.39 is 10.0 Å². The fraction of sp³-hybridized carbons (Fsp3) is 0.571. The van der Waals surface area contributed by atoms with Crippen LogP contribution in [-0.2, 0) is 10.0 Å². The van der Waals surface area contributed by atoms with Crippen molar-refractivity contribution in [2.45, 2.75) is 17.7 Å². The third-order valence-electron chi connectivity index (χ3n) is 2.99. The van der Waals surface area contributed by atoms with E-state index in [1.165, 1.54) is 18.4 Å². The molecule has 0 radical (unpaired) electrons. The SMILES string of the molecule is CN(C)CCCCNc1ccc(S(=O)(=O)N(C)C)cc1. The monoisotopic (exact) mass is 299 g/mol. The maximum Gasteiger partial charge on any atom is 0.242 e. The van der Waals surface area contributed by atoms with Crippen molar-refractivity contribution in [3.63, 3.8) is 0 Å². The van der Waals surface area contributed by atoms with Gasteiger partial charge in [-0.05, 0) is 57.7 Å². The van der Waals surface area contributed by atoms with Crippen LogP contribution in [0.5, 0.6) is 0 Å². The van der Waals surface area contributed by atoms with E-state index in [4.69, 9.17) is 0 Å². The first-order valence-corrected chi connectivity index (χ1v) is 8.19. The van der Waals surface area contributed by atoms with Gasteiger partial charge in [-0.2, -0.15) is 0 Å². The van der Waals surface area contributed by atoms with E-state index in [2.05, 4.69) is 24.3 Å². The summed E-state index contributed by atoms with van der Waals surface area (Å²) in [7, 11) is 3.87. The Labute approximate surface area is 122 Å². The fourth-order valence-corrected chi connectivity index (χ4v) is 2.64. The Morgan fingerprint density at radius 3 is 2.10 bits per heavy atom. The molecule has 20 heavy (non-hydrogen) atoms. The normalized spacial score (nSPS) is 12.1. The zero-order chi connectivity index (χ0) is 15.2. The van der Waals surface area contributed by atoms with E-state index in [-0.39, 0.29) is 0 Å². The van der Waals surface area contributed by atoms with E-state index in [0.29, 0.717) is 4.90 Å². The zero-order valence-corrected chi connectivity index (χ0v) is 13.6. The number of nitrogens with zero attached hydrogens (tertiary/aromatic N) is 2. The highest BCUT2D eigenvalue weighted by Gasteiger charge is 2.16. The lowest BCUT2D eigenvalue weighted by molar-refractivity contribution is 0.396. The quantitative estimate of drug-likeness (QED) is 0.742. The van der Waals surface area contributed by atoms with Crippen molar-refractivity contribution in [1.82, 2.24) is 9.21 Å². The molecule has 114 valence electrons. The van der Waals surface area contributed by atoms with Crippen molar-refractivity contribution in [3.05, 3.63) is 24.3 Å². The molecule has 5 nitrogen and oxygen atoms in total. The Hall–Kier alpha value is -1.11. The van der Waals surface area contributed by atoms with Gasteiger partial charge in [0.15, 0.2) is 0 Å². The van der Waals surface area contributed by atoms with Gasteiger partial charge < -0.3 is 10.2 Å². The lowest BCUT2D eigenvalue weighted by Gasteiger charge is -2.12. The lowest BCUT2D eigenvalue weighted by Crippen LogP contribution is -2.22. The molecule has 1 aromatic carbocycles. The van der Waals surface area contributed by atoms with Crippen molar-refractivity contribution in [2.75, 3.05) is 46.6 Å². The van der Waals surface area contributed by atoms with Crippen molar-refractivity contribution in [2.24, 2.45) is 0 Å². The highest BCUT2D eigenvalue weighted by Crippen LogP contribution is 2.16. The van der Waals surface area contributed by atoms with Gasteiger partial charge in [-0.25, -0.2) is 12.7 Å². The molecule has 0 spiro atoms. The summed E-state index contributed by atoms with van der Waals surface area (Å²) in [5, 5.41) is 3.30. The molecule has 0 aliphatic heterocycles. The maximum atomic E-state index is 11.9. The van der Waals surface area contributed by atoms with Gasteiger partial charge in [-0.15, -0.1) is 0 Å². The Morgan fingerprint density at radius 2 is 1.60 bits per heavy atom. The van der Waals surface area contributed by atoms with E-state index in [1.807, 2.05) is 12.1 Å². The van der Waals surface area contributed by atoms with Crippen LogP contribution in [0.4, 0.5) is 5.69 Å². The van der Waals surface area contributed by atoms with E-state index in [1.54, 1.807) is 12.1 Å². The molecule has 1 aromatic rings. The van der Waals surface area contributed by atoms with Gasteiger partial charge in [0.2, 0.25) is 10.0 Å². The minimum Gasteiger partial charge on any atom is -0.385 e. The molecule has 0 aromatic heterocycles. The molecular weight excluding hydrogens is 274 g/mol. The Kier molecular flexibility index (Phi) is 6.45. The Balaban J connectivity index is 2.48. The van der Waals surface area contributed by atoms with Crippen LogP contribution in [0.15, 0.2) is 29.2 Å². The predicted molar refractivity (Wildman–Crippen MR) is 83.6 cm³/mol. The van der Waals surface area contributed by atoms with Crippen LogP contribution in [0, 0.1) is 0 Å². The molecule has 0 heterocycles. The number of unbranched alkanes of at least 4 members (excludes halogenated alkanes) is 1. The standard InChI is InChI=1S/C14H25N3O2S/c1-16(2)12-6-5-11-15-13-7-9-14(10-8-13)20(18,19)17(3)4/h7-10,15H,5-6,11-12H2,1-4H3. The topological polar surface area (TPSA) is 52.7 Å². The smallest absolute Gasteiger partial charge is 0.242 e. The van der Waals surface area contributed by atoms with Crippen LogP contribution in [0.25, 0.3) is 0 Å². The number of nitrogens with one attached hydrogen (secondary N) is 1. The highest BCUT2D eigenvalue weighted by atomic mass is 32.2. The first-order chi connectivity index (χ1) is 9.34. The lowest BCUT2D eigenvalue weighted by atomic mass is 10.2. The average molecular weight is 299 g/mol. The van der Waals surface area contributed by atoms with Crippen molar-refractivity contribution >= 4 is 15.7 Å². The van der Waals surface area contributed by atoms with Crippen LogP contribution in [0.2, 0.25) is 0 Å². The van der Waals surface area contributed by atoms with Gasteiger partial charge in [-0.3, -0.25) is 0 Å². The summed E-state index contributed by atoms with van der Waals surface area (Å²) in [5.74, 6) is 0. The minimum absolute atomic E-state index is 0.320. The number of hydrogen-bond donors (Lipinski definition) is 1. The van der Waals surface area contributed by atoms with Crippen LogP contribution in [-0.4, -0.2) is 58.9 Å². The first kappa shape index (κ1) is 16.9. The molecule has 0 fully saturated rings. The summed E-state index contributed by atoms with van der Waals surface area (Å²) in [6.45, 7) is 1.98. The molecule has 6 heteroatoms. The Morgan fingerprint density at radius 1 is 1.00 bits per heavy atom. The second kappa shape index (κ2) is 7.61. The summed E-state index contributed by atoms with van der Waals surface area (Å²) in [6, 6.07) is 6.89. The van der Waals surface area contributed by atoms with Crippen molar-refractivity contribution in [1.29, 1.82) is 0 Å². The van der Waals surface area contributed by atoms with E-state index >= 15 is 0 Å². The van der Waals surface area contributed by atoms with Crippen molar-refractivity contribution < 1.29 is 8.42 Å². The second-order valence-corrected chi connectivity index (χ2v) is 7.40. The molecule has 1 N–H and O–H groups in total. The largest absolute Gasteiger partial charge is 0.385 e. The number of hydrogen-bond acceptors (Lipinski definition) is 4. The van der Waals surface area contributed by atoms with Gasteiger partial charge in [0.1, 0.15) is 0 Å². The second-order valence-electron chi connectivity index (χ2n) is 5.25. The number of sulfonamides is 1. The molecule has 1 rings (SSSR count). The van der Waals surface area contributed by atoms with Crippen molar-refractivity contribution in [3.8, 4) is 0 Å². The van der Waals surface area contributed by atoms with Crippen LogP contribution < -0.4 is 5.32 Å². The van der Waals surface area contributed by atoms with Crippen LogP contribution in [0.3, 0.4) is 0 Å². The number of rotatable bonds is 8. The predicted octanol–water partition coefficient (Wildman–Crippen LogP) is 1.69. The third-order valence-corrected chi connectivity index (χ3v) is 4.82. The van der Waals surface area contributed by atoms with Gasteiger partial charge in [0.25, 0.3) is 0 Å². The fourth-order valence-electron chi connectivity index (χ4n) is 1.74. The van der Waals surface area contributed by atoms with Crippen LogP contribution >= 0.6 is 0 Å². The molecule has 0 saturated carbocycles. The molecule has 0 atom stereocenters. The summed E-state index contributed by atoms with van der Waals surface area (Å²) < 4.78 is 25.0. The van der Waals surface area contributed by atoms with Gasteiger partial charge in [-0.1, -0.05) is 0 Å². The molecule has 0 amide bonds. The van der Waals surface area contributed by atoms with E-state index in [0.717, 1.165) is 31.6 Å². The third kappa shape index (κ3) is 5.11. The summed E-state index contributed by atoms with van der Waals surface area (Å²) in [4.78, 5) is 2.49. The summed E-state index contributed by atoms with van der Waals surface area (Å²) in [5.41, 5.74) is 0.951. The van der Waals surface area contributed by atoms with E-state index in [9.17, 15) is 8.42 Å².